The zero-order valence-electron chi connectivity index (χ0n) is 5.32. The van der Waals surface area contributed by atoms with E-state index in [0.29, 0.717) is 0 Å². The van der Waals surface area contributed by atoms with Crippen LogP contribution in [0.4, 0.5) is 0 Å². The minimum absolute atomic E-state index is 1.23. The number of hydrogen-bond acceptors (Lipinski definition) is 0. The van der Waals surface area contributed by atoms with Crippen LogP contribution in [0.5, 0.6) is 0 Å². The second-order valence-electron chi connectivity index (χ2n) is 2.49. The van der Waals surface area contributed by atoms with E-state index in [0.717, 1.165) is 0 Å². The van der Waals surface area contributed by atoms with E-state index in [4.69, 9.17) is 0 Å². The Morgan fingerprint density at radius 3 is 1.60 bits per heavy atom. The average Bonchev–Trinajstić information content (AvgIpc) is 1.78. The highest BCUT2D eigenvalue weighted by Crippen LogP contribution is 2.35. The van der Waals surface area contributed by atoms with Crippen molar-refractivity contribution in [1.29, 1.82) is 0 Å². The van der Waals surface area contributed by atoms with Gasteiger partial charge in [-0.3, -0.25) is 0 Å². The number of benzene rings is 1. The van der Waals surface area contributed by atoms with Crippen LogP contribution < -0.4 is 0 Å². The summed E-state index contributed by atoms with van der Waals surface area (Å²) in [4.78, 5) is 0. The van der Waals surface area contributed by atoms with E-state index in [2.05, 4.69) is 44.0 Å². The predicted molar refractivity (Wildman–Crippen MR) is 49.3 cm³/mol. The predicted octanol–water partition coefficient (Wildman–Crippen LogP) is 3.31. The molecule has 0 aromatic heterocycles. The van der Waals surface area contributed by atoms with Crippen molar-refractivity contribution >= 4 is 31.9 Å². The lowest BCUT2D eigenvalue weighted by Gasteiger charge is -2.21. The average molecular weight is 262 g/mol. The molecule has 0 fully saturated rings. The molecule has 0 unspecified atom stereocenters. The summed E-state index contributed by atoms with van der Waals surface area (Å²) in [6.45, 7) is 0. The maximum absolute atomic E-state index is 3.51. The maximum Gasteiger partial charge on any atom is 0.0210 e. The van der Waals surface area contributed by atoms with Crippen molar-refractivity contribution < 1.29 is 0 Å². The van der Waals surface area contributed by atoms with Gasteiger partial charge in [-0.2, -0.15) is 0 Å². The molecule has 1 aromatic rings. The van der Waals surface area contributed by atoms with Gasteiger partial charge in [-0.25, -0.2) is 0 Å². The van der Waals surface area contributed by atoms with Crippen LogP contribution in [0.15, 0.2) is 21.1 Å². The summed E-state index contributed by atoms with van der Waals surface area (Å²) in [5.41, 5.74) is 2.96. The Hall–Kier alpha value is 0.180. The number of halogens is 2. The van der Waals surface area contributed by atoms with Crippen LogP contribution in [-0.4, -0.2) is 0 Å². The lowest BCUT2D eigenvalue weighted by Crippen LogP contribution is -2.09. The molecule has 1 aromatic carbocycles. The third-order valence-electron chi connectivity index (χ3n) is 1.94. The zero-order valence-corrected chi connectivity index (χ0v) is 8.50. The van der Waals surface area contributed by atoms with E-state index in [9.17, 15) is 0 Å². The monoisotopic (exact) mass is 260 g/mol. The first-order chi connectivity index (χ1) is 4.79. The molecule has 1 aliphatic rings. The van der Waals surface area contributed by atoms with E-state index in [1.807, 2.05) is 0 Å². The molecule has 1 aliphatic carbocycles. The molecule has 0 aliphatic heterocycles. The van der Waals surface area contributed by atoms with Crippen molar-refractivity contribution in [3.63, 3.8) is 0 Å². The molecule has 0 saturated carbocycles. The Balaban J connectivity index is 2.66. The largest absolute Gasteiger partial charge is 0.0505 e. The van der Waals surface area contributed by atoms with Crippen molar-refractivity contribution in [3.8, 4) is 0 Å². The fourth-order valence-electron chi connectivity index (χ4n) is 1.25. The van der Waals surface area contributed by atoms with Crippen LogP contribution in [0.3, 0.4) is 0 Å². The summed E-state index contributed by atoms with van der Waals surface area (Å²) in [6.07, 6.45) is 2.46. The van der Waals surface area contributed by atoms with Crippen molar-refractivity contribution in [2.75, 3.05) is 0 Å². The Labute approximate surface area is 76.9 Å². The second-order valence-corrected chi connectivity index (χ2v) is 4.19. The van der Waals surface area contributed by atoms with E-state index in [-0.39, 0.29) is 0 Å². The molecule has 0 spiro atoms. The summed E-state index contributed by atoms with van der Waals surface area (Å²) in [6, 6.07) is 4.20. The Bertz CT molecular complexity index is 250. The summed E-state index contributed by atoms with van der Waals surface area (Å²) < 4.78 is 2.52. The van der Waals surface area contributed by atoms with Gasteiger partial charge in [0, 0.05) is 8.95 Å². The molecule has 0 nitrogen and oxygen atoms in total. The molecule has 0 heterocycles. The molecule has 0 N–H and O–H groups in total. The minimum Gasteiger partial charge on any atom is -0.0505 e. The fraction of sp³-hybridized carbons (Fsp3) is 0.250. The van der Waals surface area contributed by atoms with Gasteiger partial charge in [0.1, 0.15) is 0 Å². The van der Waals surface area contributed by atoms with Crippen molar-refractivity contribution in [2.45, 2.75) is 12.8 Å². The van der Waals surface area contributed by atoms with Gasteiger partial charge in [0.25, 0.3) is 0 Å². The number of fused-ring (bicyclic) bond motifs is 1. The van der Waals surface area contributed by atoms with Crippen LogP contribution in [-0.2, 0) is 12.8 Å². The number of rotatable bonds is 0. The first kappa shape index (κ1) is 6.86. The van der Waals surface area contributed by atoms with Gasteiger partial charge in [-0.15, -0.1) is 0 Å². The van der Waals surface area contributed by atoms with Crippen LogP contribution in [0.2, 0.25) is 0 Å². The molecule has 0 atom stereocenters. The lowest BCUT2D eigenvalue weighted by atomic mass is 9.89. The van der Waals surface area contributed by atoms with Gasteiger partial charge in [0.2, 0.25) is 0 Å². The highest BCUT2D eigenvalue weighted by atomic mass is 79.9. The van der Waals surface area contributed by atoms with Crippen molar-refractivity contribution in [1.82, 2.24) is 0 Å². The standard InChI is InChI=1S/C8H6Br2/c9-7-3-4-8(10)6-2-1-5(6)7/h3-4H,1-2H2. The van der Waals surface area contributed by atoms with E-state index >= 15 is 0 Å². The van der Waals surface area contributed by atoms with Crippen molar-refractivity contribution in [3.05, 3.63) is 32.2 Å². The molecular weight excluding hydrogens is 256 g/mol. The van der Waals surface area contributed by atoms with Gasteiger partial charge in [-0.05, 0) is 36.1 Å². The van der Waals surface area contributed by atoms with E-state index in [1.54, 1.807) is 0 Å². The van der Waals surface area contributed by atoms with Crippen LogP contribution in [0, 0.1) is 0 Å². The summed E-state index contributed by atoms with van der Waals surface area (Å²) >= 11 is 7.02. The first-order valence-electron chi connectivity index (χ1n) is 3.25. The minimum atomic E-state index is 1.23. The molecule has 2 rings (SSSR count). The summed E-state index contributed by atoms with van der Waals surface area (Å²) in [5.74, 6) is 0. The zero-order chi connectivity index (χ0) is 7.14. The molecular formula is C8H6Br2. The molecule has 0 saturated heterocycles. The third kappa shape index (κ3) is 0.857. The topological polar surface area (TPSA) is 0 Å². The first-order valence-corrected chi connectivity index (χ1v) is 4.83. The van der Waals surface area contributed by atoms with Gasteiger partial charge in [0.05, 0.1) is 0 Å². The highest BCUT2D eigenvalue weighted by molar-refractivity contribution is 9.11. The van der Waals surface area contributed by atoms with Gasteiger partial charge < -0.3 is 0 Å². The van der Waals surface area contributed by atoms with Gasteiger partial charge in [-0.1, -0.05) is 31.9 Å². The Morgan fingerprint density at radius 2 is 1.30 bits per heavy atom. The lowest BCUT2D eigenvalue weighted by molar-refractivity contribution is 0.825. The maximum atomic E-state index is 3.51. The van der Waals surface area contributed by atoms with Crippen LogP contribution in [0.1, 0.15) is 11.1 Å². The summed E-state index contributed by atoms with van der Waals surface area (Å²) in [5, 5.41) is 0. The Kier molecular flexibility index (Phi) is 1.61. The number of hydrogen-bond donors (Lipinski definition) is 0. The molecule has 52 valence electrons. The van der Waals surface area contributed by atoms with Crippen LogP contribution >= 0.6 is 31.9 Å². The normalized spacial score (nSPS) is 14.2. The van der Waals surface area contributed by atoms with Gasteiger partial charge >= 0.3 is 0 Å². The third-order valence-corrected chi connectivity index (χ3v) is 3.43. The Morgan fingerprint density at radius 1 is 0.900 bits per heavy atom. The highest BCUT2D eigenvalue weighted by Gasteiger charge is 2.18. The van der Waals surface area contributed by atoms with Gasteiger partial charge in [0.15, 0.2) is 0 Å². The van der Waals surface area contributed by atoms with Crippen LogP contribution in [0.25, 0.3) is 0 Å². The molecule has 0 radical (unpaired) electrons. The molecule has 0 bridgehead atoms. The van der Waals surface area contributed by atoms with E-state index in [1.165, 1.54) is 32.9 Å². The fourth-order valence-corrected chi connectivity index (χ4v) is 2.39. The summed E-state index contributed by atoms with van der Waals surface area (Å²) in [7, 11) is 0. The van der Waals surface area contributed by atoms with E-state index < -0.39 is 0 Å². The van der Waals surface area contributed by atoms with Crippen molar-refractivity contribution in [2.24, 2.45) is 0 Å². The quantitative estimate of drug-likeness (QED) is 0.672. The second kappa shape index (κ2) is 2.35. The molecule has 2 heteroatoms. The smallest absolute Gasteiger partial charge is 0.0210 e. The molecule has 0 amide bonds. The molecule has 10 heavy (non-hydrogen) atoms. The SMILES string of the molecule is Brc1ccc(Br)c2c1CC2.